The average molecular weight is 385 g/mol. The van der Waals surface area contributed by atoms with Crippen molar-refractivity contribution in [2.24, 2.45) is 0 Å². The minimum Gasteiger partial charge on any atom is -0.339 e. The molecule has 3 nitrogen and oxygen atoms in total. The standard InChI is InChI=1S/C17H18ClFN2OS2/c18-16-6-5-15(24-16)11-20-7-9-21(10-8-20)17(22)12-23-14-3-1-13(19)2-4-14/h1-6H,7-12H2. The third-order valence-electron chi connectivity index (χ3n) is 3.91. The summed E-state index contributed by atoms with van der Waals surface area (Å²) in [5, 5.41) is 0. The minimum absolute atomic E-state index is 0.142. The van der Waals surface area contributed by atoms with Gasteiger partial charge in [0.2, 0.25) is 5.91 Å². The van der Waals surface area contributed by atoms with E-state index >= 15 is 0 Å². The number of carbonyl (C=O) groups is 1. The molecule has 0 aliphatic carbocycles. The Balaban J connectivity index is 1.42. The second-order valence-corrected chi connectivity index (χ2v) is 8.45. The van der Waals surface area contributed by atoms with Crippen molar-refractivity contribution in [1.29, 1.82) is 0 Å². The van der Waals surface area contributed by atoms with E-state index in [1.165, 1.54) is 28.8 Å². The van der Waals surface area contributed by atoms with Crippen LogP contribution in [0.2, 0.25) is 4.34 Å². The lowest BCUT2D eigenvalue weighted by Gasteiger charge is -2.34. The summed E-state index contributed by atoms with van der Waals surface area (Å²) in [5.74, 6) is 0.281. The first-order valence-electron chi connectivity index (χ1n) is 7.73. The van der Waals surface area contributed by atoms with Gasteiger partial charge in [0, 0.05) is 42.5 Å². The predicted octanol–water partition coefficient (Wildman–Crippen LogP) is 3.98. The van der Waals surface area contributed by atoms with Crippen LogP contribution in [0.3, 0.4) is 0 Å². The Bertz CT molecular complexity index is 684. The van der Waals surface area contributed by atoms with E-state index in [0.717, 1.165) is 42.0 Å². The zero-order valence-corrected chi connectivity index (χ0v) is 15.5. The number of rotatable bonds is 5. The molecule has 24 heavy (non-hydrogen) atoms. The highest BCUT2D eigenvalue weighted by atomic mass is 35.5. The summed E-state index contributed by atoms with van der Waals surface area (Å²) in [4.78, 5) is 18.7. The number of nitrogens with zero attached hydrogens (tertiary/aromatic N) is 2. The van der Waals surface area contributed by atoms with Crippen molar-refractivity contribution < 1.29 is 9.18 Å². The third kappa shape index (κ3) is 4.96. The molecule has 128 valence electrons. The van der Waals surface area contributed by atoms with Crippen molar-refractivity contribution in [2.45, 2.75) is 11.4 Å². The Morgan fingerprint density at radius 3 is 2.46 bits per heavy atom. The highest BCUT2D eigenvalue weighted by Crippen LogP contribution is 2.23. The number of hydrogen-bond acceptors (Lipinski definition) is 4. The van der Waals surface area contributed by atoms with Gasteiger partial charge >= 0.3 is 0 Å². The second-order valence-electron chi connectivity index (χ2n) is 5.61. The van der Waals surface area contributed by atoms with Gasteiger partial charge < -0.3 is 4.90 Å². The lowest BCUT2D eigenvalue weighted by atomic mass is 10.3. The van der Waals surface area contributed by atoms with E-state index in [9.17, 15) is 9.18 Å². The molecule has 0 bridgehead atoms. The van der Waals surface area contributed by atoms with Crippen molar-refractivity contribution in [1.82, 2.24) is 9.80 Å². The Labute approximate surface area is 154 Å². The molecule has 0 N–H and O–H groups in total. The van der Waals surface area contributed by atoms with E-state index in [1.54, 1.807) is 23.5 Å². The molecule has 1 fully saturated rings. The molecule has 7 heteroatoms. The molecule has 0 saturated carbocycles. The first-order chi connectivity index (χ1) is 11.6. The Morgan fingerprint density at radius 2 is 1.83 bits per heavy atom. The second kappa shape index (κ2) is 8.34. The first-order valence-corrected chi connectivity index (χ1v) is 9.91. The summed E-state index contributed by atoms with van der Waals surface area (Å²) in [6, 6.07) is 10.2. The van der Waals surface area contributed by atoms with Gasteiger partial charge in [-0.25, -0.2) is 4.39 Å². The van der Waals surface area contributed by atoms with Gasteiger partial charge in [0.1, 0.15) is 5.82 Å². The monoisotopic (exact) mass is 384 g/mol. The van der Waals surface area contributed by atoms with Crippen LogP contribution in [-0.2, 0) is 11.3 Å². The molecule has 1 aromatic carbocycles. The van der Waals surface area contributed by atoms with Crippen LogP contribution in [0.25, 0.3) is 0 Å². The van der Waals surface area contributed by atoms with Gasteiger partial charge in [-0.3, -0.25) is 9.69 Å². The van der Waals surface area contributed by atoms with Gasteiger partial charge in [0.15, 0.2) is 0 Å². The summed E-state index contributed by atoms with van der Waals surface area (Å²) < 4.78 is 13.7. The number of thiophene rings is 1. The van der Waals surface area contributed by atoms with Crippen LogP contribution >= 0.6 is 34.7 Å². The minimum atomic E-state index is -0.256. The van der Waals surface area contributed by atoms with Crippen LogP contribution < -0.4 is 0 Å². The smallest absolute Gasteiger partial charge is 0.233 e. The first kappa shape index (κ1) is 17.7. The number of halogens is 2. The maximum Gasteiger partial charge on any atom is 0.233 e. The van der Waals surface area contributed by atoms with Crippen molar-refractivity contribution in [2.75, 3.05) is 31.9 Å². The van der Waals surface area contributed by atoms with Gasteiger partial charge in [-0.2, -0.15) is 0 Å². The summed E-state index contributed by atoms with van der Waals surface area (Å²) in [7, 11) is 0. The predicted molar refractivity (Wildman–Crippen MR) is 98.3 cm³/mol. The van der Waals surface area contributed by atoms with Crippen molar-refractivity contribution in [3.8, 4) is 0 Å². The quantitative estimate of drug-likeness (QED) is 0.728. The molecule has 1 amide bonds. The fourth-order valence-electron chi connectivity index (χ4n) is 2.58. The molecule has 2 aromatic rings. The number of benzene rings is 1. The fraction of sp³-hybridized carbons (Fsp3) is 0.353. The molecule has 1 aliphatic rings. The number of amides is 1. The maximum absolute atomic E-state index is 12.9. The molecule has 0 spiro atoms. The van der Waals surface area contributed by atoms with Gasteiger partial charge in [0.05, 0.1) is 10.1 Å². The SMILES string of the molecule is O=C(CSc1ccc(F)cc1)N1CCN(Cc2ccc(Cl)s2)CC1. The van der Waals surface area contributed by atoms with Crippen molar-refractivity contribution in [3.05, 3.63) is 51.4 Å². The van der Waals surface area contributed by atoms with Crippen LogP contribution in [0.1, 0.15) is 4.88 Å². The van der Waals surface area contributed by atoms with Crippen LogP contribution in [-0.4, -0.2) is 47.6 Å². The highest BCUT2D eigenvalue weighted by Gasteiger charge is 2.21. The molecule has 0 unspecified atom stereocenters. The molecular weight excluding hydrogens is 367 g/mol. The molecule has 1 aliphatic heterocycles. The summed E-state index contributed by atoms with van der Waals surface area (Å²) in [5.41, 5.74) is 0. The maximum atomic E-state index is 12.9. The number of piperazine rings is 1. The lowest BCUT2D eigenvalue weighted by molar-refractivity contribution is -0.130. The van der Waals surface area contributed by atoms with Crippen LogP contribution in [0.5, 0.6) is 0 Å². The van der Waals surface area contributed by atoms with Crippen LogP contribution in [0, 0.1) is 5.82 Å². The van der Waals surface area contributed by atoms with Gasteiger partial charge in [0.25, 0.3) is 0 Å². The number of carbonyl (C=O) groups excluding carboxylic acids is 1. The molecule has 0 atom stereocenters. The van der Waals surface area contributed by atoms with E-state index in [-0.39, 0.29) is 11.7 Å². The fourth-order valence-corrected chi connectivity index (χ4v) is 4.51. The molecule has 0 radical (unpaired) electrons. The number of hydrogen-bond donors (Lipinski definition) is 0. The van der Waals surface area contributed by atoms with Crippen LogP contribution in [0.4, 0.5) is 4.39 Å². The van der Waals surface area contributed by atoms with E-state index in [2.05, 4.69) is 11.0 Å². The summed E-state index contributed by atoms with van der Waals surface area (Å²) in [6.45, 7) is 4.15. The molecule has 2 heterocycles. The highest BCUT2D eigenvalue weighted by molar-refractivity contribution is 8.00. The van der Waals surface area contributed by atoms with Gasteiger partial charge in [-0.05, 0) is 36.4 Å². The van der Waals surface area contributed by atoms with Crippen molar-refractivity contribution >= 4 is 40.6 Å². The van der Waals surface area contributed by atoms with E-state index in [0.29, 0.717) is 5.75 Å². The summed E-state index contributed by atoms with van der Waals surface area (Å²) >= 11 is 9.02. The molecular formula is C17H18ClFN2OS2. The molecule has 1 aromatic heterocycles. The average Bonchev–Trinajstić information content (AvgIpc) is 2.99. The van der Waals surface area contributed by atoms with Crippen molar-refractivity contribution in [3.63, 3.8) is 0 Å². The van der Waals surface area contributed by atoms with Gasteiger partial charge in [-0.1, -0.05) is 11.6 Å². The Hall–Kier alpha value is -1.08. The van der Waals surface area contributed by atoms with E-state index in [4.69, 9.17) is 11.6 Å². The van der Waals surface area contributed by atoms with E-state index < -0.39 is 0 Å². The zero-order valence-electron chi connectivity index (χ0n) is 13.1. The number of thioether (sulfide) groups is 1. The third-order valence-corrected chi connectivity index (χ3v) is 6.12. The topological polar surface area (TPSA) is 23.6 Å². The summed E-state index contributed by atoms with van der Waals surface area (Å²) in [6.07, 6.45) is 0. The van der Waals surface area contributed by atoms with E-state index in [1.807, 2.05) is 11.0 Å². The normalized spacial score (nSPS) is 15.7. The Morgan fingerprint density at radius 1 is 1.12 bits per heavy atom. The molecule has 3 rings (SSSR count). The molecule has 1 saturated heterocycles. The largest absolute Gasteiger partial charge is 0.339 e. The van der Waals surface area contributed by atoms with Crippen LogP contribution in [0.15, 0.2) is 41.3 Å². The zero-order chi connectivity index (χ0) is 16.9. The Kier molecular flexibility index (Phi) is 6.16. The van der Waals surface area contributed by atoms with Gasteiger partial charge in [-0.15, -0.1) is 23.1 Å². The lowest BCUT2D eigenvalue weighted by Crippen LogP contribution is -2.48.